The normalized spacial score (nSPS) is 19.0. The summed E-state index contributed by atoms with van der Waals surface area (Å²) in [5.41, 5.74) is 2.88. The van der Waals surface area contributed by atoms with Gasteiger partial charge in [-0.25, -0.2) is 19.4 Å². The number of piperazine rings is 1. The summed E-state index contributed by atoms with van der Waals surface area (Å²) in [5, 5.41) is 7.99. The zero-order valence-electron chi connectivity index (χ0n) is 26.8. The number of amides is 2. The fourth-order valence-corrected chi connectivity index (χ4v) is 6.64. The van der Waals surface area contributed by atoms with Crippen LogP contribution in [0, 0.1) is 5.82 Å². The van der Waals surface area contributed by atoms with Gasteiger partial charge in [0.2, 0.25) is 11.8 Å². The molecule has 3 aliphatic rings. The van der Waals surface area contributed by atoms with Crippen molar-refractivity contribution in [2.24, 2.45) is 0 Å². The number of ether oxygens (including phenoxy) is 1. The Morgan fingerprint density at radius 2 is 1.81 bits per heavy atom. The Labute approximate surface area is 274 Å². The molecule has 4 heterocycles. The molecular weight excluding hydrogens is 603 g/mol. The molecule has 13 heteroatoms. The molecule has 1 aromatic heterocycles. The molecular formula is C34H41FN8O4. The number of piperidine rings is 1. The number of anilines is 5. The number of aromatic nitrogens is 2. The molecule has 0 aliphatic carbocycles. The van der Waals surface area contributed by atoms with Gasteiger partial charge in [-0.2, -0.15) is 0 Å². The molecule has 0 bridgehead atoms. The third-order valence-corrected chi connectivity index (χ3v) is 9.12. The van der Waals surface area contributed by atoms with Crippen LogP contribution in [0.3, 0.4) is 0 Å². The Hall–Kier alpha value is -4.75. The van der Waals surface area contributed by atoms with Crippen LogP contribution in [0.25, 0.3) is 0 Å². The van der Waals surface area contributed by atoms with E-state index in [1.807, 2.05) is 23.1 Å². The Bertz CT molecular complexity index is 1610. The highest BCUT2D eigenvalue weighted by Crippen LogP contribution is 2.40. The molecule has 3 aromatic rings. The fraction of sp³-hybridized carbons (Fsp3) is 0.412. The first kappa shape index (κ1) is 32.2. The van der Waals surface area contributed by atoms with E-state index >= 15 is 0 Å². The standard InChI is InChI=1S/C34H41FN8O4/c1-4-34(45)39-27-19-28(38-32-21-33(37-22-36-32)43-29(10-17-47-43)24-6-5-7-25(35)18-24)31(46-3)20-30(27)42-11-8-26(9-12-42)41-15-13-40(14-16-41)23(2)44/h4-7,18-22,26,29H,1,8-17H2,2-3H3,(H,39,45)(H,36,37,38)/t29-/m1/s1. The molecule has 2 N–H and O–H groups in total. The van der Waals surface area contributed by atoms with Crippen molar-refractivity contribution in [3.63, 3.8) is 0 Å². The number of nitrogens with zero attached hydrogens (tertiary/aromatic N) is 6. The molecule has 47 heavy (non-hydrogen) atoms. The summed E-state index contributed by atoms with van der Waals surface area (Å²) in [6.45, 7) is 10.7. The number of carbonyl (C=O) groups excluding carboxylic acids is 2. The number of carbonyl (C=O) groups is 2. The molecule has 12 nitrogen and oxygen atoms in total. The largest absolute Gasteiger partial charge is 0.494 e. The van der Waals surface area contributed by atoms with E-state index in [-0.39, 0.29) is 23.7 Å². The van der Waals surface area contributed by atoms with Crippen LogP contribution in [0.4, 0.5) is 33.1 Å². The van der Waals surface area contributed by atoms with Gasteiger partial charge >= 0.3 is 0 Å². The van der Waals surface area contributed by atoms with Crippen molar-refractivity contribution in [1.29, 1.82) is 0 Å². The number of halogens is 1. The monoisotopic (exact) mass is 644 g/mol. The molecule has 6 rings (SSSR count). The van der Waals surface area contributed by atoms with Crippen LogP contribution in [-0.4, -0.2) is 90.6 Å². The minimum absolute atomic E-state index is 0.135. The van der Waals surface area contributed by atoms with Crippen LogP contribution in [0.1, 0.15) is 37.8 Å². The zero-order valence-corrected chi connectivity index (χ0v) is 26.8. The van der Waals surface area contributed by atoms with Crippen LogP contribution in [0.15, 0.2) is 61.4 Å². The van der Waals surface area contributed by atoms with Gasteiger partial charge in [0.15, 0.2) is 5.82 Å². The Balaban J connectivity index is 1.20. The SMILES string of the molecule is C=CC(=O)Nc1cc(Nc2cc(N3OCC[C@@H]3c3cccc(F)c3)ncn2)c(OC)cc1N1CCC(N2CCN(C(C)=O)CC2)CC1. The number of nitrogens with one attached hydrogen (secondary N) is 2. The summed E-state index contributed by atoms with van der Waals surface area (Å²) in [5.74, 6) is 1.10. The van der Waals surface area contributed by atoms with Crippen LogP contribution in [0.2, 0.25) is 0 Å². The van der Waals surface area contributed by atoms with Crippen LogP contribution < -0.4 is 25.3 Å². The van der Waals surface area contributed by atoms with Gasteiger partial charge in [0, 0.05) is 70.8 Å². The van der Waals surface area contributed by atoms with Crippen molar-refractivity contribution in [3.8, 4) is 5.75 Å². The number of hydrogen-bond acceptors (Lipinski definition) is 10. The van der Waals surface area contributed by atoms with Crippen molar-refractivity contribution in [2.75, 3.05) is 73.6 Å². The number of hydrogen-bond donors (Lipinski definition) is 2. The van der Waals surface area contributed by atoms with Crippen LogP contribution in [-0.2, 0) is 14.4 Å². The molecule has 0 spiro atoms. The summed E-state index contributed by atoms with van der Waals surface area (Å²) >= 11 is 0. The van der Waals surface area contributed by atoms with Crippen molar-refractivity contribution < 1.29 is 23.6 Å². The maximum Gasteiger partial charge on any atom is 0.247 e. The van der Waals surface area contributed by atoms with Gasteiger partial charge in [-0.15, -0.1) is 0 Å². The Kier molecular flexibility index (Phi) is 9.83. The topological polar surface area (TPSA) is 115 Å². The van der Waals surface area contributed by atoms with Crippen molar-refractivity contribution >= 4 is 40.5 Å². The summed E-state index contributed by atoms with van der Waals surface area (Å²) in [6, 6.07) is 12.3. The number of methoxy groups -OCH3 is 1. The molecule has 2 amide bonds. The first-order valence-corrected chi connectivity index (χ1v) is 16.0. The van der Waals surface area contributed by atoms with Gasteiger partial charge in [0.1, 0.15) is 23.7 Å². The van der Waals surface area contributed by atoms with Crippen LogP contribution in [0.5, 0.6) is 5.75 Å². The number of hydroxylamine groups is 1. The summed E-state index contributed by atoms with van der Waals surface area (Å²) < 4.78 is 19.8. The highest BCUT2D eigenvalue weighted by atomic mass is 19.1. The molecule has 3 saturated heterocycles. The van der Waals surface area contributed by atoms with E-state index in [9.17, 15) is 14.0 Å². The first-order valence-electron chi connectivity index (χ1n) is 16.0. The fourth-order valence-electron chi connectivity index (χ4n) is 6.64. The van der Waals surface area contributed by atoms with Gasteiger partial charge in [0.25, 0.3) is 0 Å². The maximum atomic E-state index is 14.0. The highest BCUT2D eigenvalue weighted by molar-refractivity contribution is 6.02. The van der Waals surface area contributed by atoms with E-state index in [0.717, 1.165) is 63.4 Å². The molecule has 1 atom stereocenters. The molecule has 0 unspecified atom stereocenters. The van der Waals surface area contributed by atoms with Gasteiger partial charge < -0.3 is 25.2 Å². The summed E-state index contributed by atoms with van der Waals surface area (Å²) in [7, 11) is 1.60. The minimum Gasteiger partial charge on any atom is -0.494 e. The predicted molar refractivity (Wildman–Crippen MR) is 178 cm³/mol. The number of benzene rings is 2. The second-order valence-corrected chi connectivity index (χ2v) is 11.9. The molecule has 2 aromatic carbocycles. The van der Waals surface area contributed by atoms with Gasteiger partial charge in [-0.3, -0.25) is 19.3 Å². The third kappa shape index (κ3) is 7.31. The summed E-state index contributed by atoms with van der Waals surface area (Å²) in [4.78, 5) is 45.7. The second kappa shape index (κ2) is 14.3. The van der Waals surface area contributed by atoms with E-state index in [4.69, 9.17) is 9.57 Å². The van der Waals surface area contributed by atoms with Gasteiger partial charge in [0.05, 0.1) is 36.8 Å². The Morgan fingerprint density at radius 1 is 1.02 bits per heavy atom. The first-order chi connectivity index (χ1) is 22.8. The lowest BCUT2D eigenvalue weighted by atomic mass is 10.0. The lowest BCUT2D eigenvalue weighted by molar-refractivity contribution is -0.131. The smallest absolute Gasteiger partial charge is 0.247 e. The second-order valence-electron chi connectivity index (χ2n) is 11.9. The van der Waals surface area contributed by atoms with E-state index in [1.54, 1.807) is 31.2 Å². The highest BCUT2D eigenvalue weighted by Gasteiger charge is 2.31. The van der Waals surface area contributed by atoms with Crippen molar-refractivity contribution in [1.82, 2.24) is 19.8 Å². The minimum atomic E-state index is -0.320. The maximum absolute atomic E-state index is 14.0. The number of rotatable bonds is 9. The average Bonchev–Trinajstić information content (AvgIpc) is 3.59. The van der Waals surface area contributed by atoms with Crippen LogP contribution >= 0.6 is 0 Å². The van der Waals surface area contributed by atoms with Gasteiger partial charge in [-0.05, 0) is 42.7 Å². The van der Waals surface area contributed by atoms with Crippen molar-refractivity contribution in [2.45, 2.75) is 38.3 Å². The molecule has 0 radical (unpaired) electrons. The molecule has 0 saturated carbocycles. The third-order valence-electron chi connectivity index (χ3n) is 9.12. The molecule has 248 valence electrons. The molecule has 3 aliphatic heterocycles. The van der Waals surface area contributed by atoms with Gasteiger partial charge in [-0.1, -0.05) is 18.7 Å². The van der Waals surface area contributed by atoms with E-state index < -0.39 is 0 Å². The molecule has 3 fully saturated rings. The quantitative estimate of drug-likeness (QED) is 0.323. The van der Waals surface area contributed by atoms with E-state index in [1.165, 1.54) is 24.5 Å². The average molecular weight is 645 g/mol. The summed E-state index contributed by atoms with van der Waals surface area (Å²) in [6.07, 6.45) is 5.31. The lowest BCUT2D eigenvalue weighted by Crippen LogP contribution is -2.54. The Morgan fingerprint density at radius 3 is 2.51 bits per heavy atom. The van der Waals surface area contributed by atoms with Crippen molar-refractivity contribution in [3.05, 3.63) is 72.8 Å². The predicted octanol–water partition coefficient (Wildman–Crippen LogP) is 4.51. The zero-order chi connectivity index (χ0) is 32.9. The van der Waals surface area contributed by atoms with E-state index in [0.29, 0.717) is 47.8 Å². The lowest BCUT2D eigenvalue weighted by Gasteiger charge is -2.43. The van der Waals surface area contributed by atoms with E-state index in [2.05, 4.69) is 37.0 Å².